The third kappa shape index (κ3) is 3.40. The summed E-state index contributed by atoms with van der Waals surface area (Å²) in [6.45, 7) is 1.59. The average molecular weight is 371 g/mol. The number of nitrogens with zero attached hydrogens (tertiary/aromatic N) is 1. The number of carboxylic acids is 1. The maximum absolute atomic E-state index is 12.4. The number of hydrogen-bond acceptors (Lipinski definition) is 4. The molecular formula is C13H11BrN2O4S. The van der Waals surface area contributed by atoms with Crippen LogP contribution in [0.4, 0.5) is 5.69 Å². The van der Waals surface area contributed by atoms with E-state index >= 15 is 0 Å². The van der Waals surface area contributed by atoms with Gasteiger partial charge in [0.1, 0.15) is 0 Å². The molecule has 2 aromatic rings. The largest absolute Gasteiger partial charge is 0.478 e. The van der Waals surface area contributed by atoms with Gasteiger partial charge in [-0.1, -0.05) is 15.9 Å². The van der Waals surface area contributed by atoms with Crippen LogP contribution in [0, 0.1) is 6.92 Å². The number of nitrogens with one attached hydrogen (secondary N) is 1. The summed E-state index contributed by atoms with van der Waals surface area (Å²) in [5, 5.41) is 9.03. The lowest BCUT2D eigenvalue weighted by atomic mass is 10.1. The first-order valence-corrected chi connectivity index (χ1v) is 8.05. The zero-order valence-electron chi connectivity index (χ0n) is 10.9. The second-order valence-corrected chi connectivity index (χ2v) is 6.74. The quantitative estimate of drug-likeness (QED) is 0.862. The zero-order chi connectivity index (χ0) is 15.6. The van der Waals surface area contributed by atoms with E-state index in [4.69, 9.17) is 5.11 Å². The predicted molar refractivity (Wildman–Crippen MR) is 80.9 cm³/mol. The lowest BCUT2D eigenvalue weighted by Crippen LogP contribution is -2.15. The number of anilines is 1. The molecule has 0 bridgehead atoms. The van der Waals surface area contributed by atoms with Gasteiger partial charge in [0.25, 0.3) is 10.0 Å². The molecule has 2 N–H and O–H groups in total. The second-order valence-electron chi connectivity index (χ2n) is 4.23. The summed E-state index contributed by atoms with van der Waals surface area (Å²) in [5.74, 6) is -1.20. The van der Waals surface area contributed by atoms with Gasteiger partial charge in [-0.15, -0.1) is 0 Å². The SMILES string of the molecule is Cc1c(Br)cc(C(=O)O)cc1S(=O)(=O)Nc1cccnc1. The van der Waals surface area contributed by atoms with Crippen molar-refractivity contribution in [2.75, 3.05) is 4.72 Å². The number of aromatic nitrogens is 1. The monoisotopic (exact) mass is 370 g/mol. The van der Waals surface area contributed by atoms with Gasteiger partial charge in [-0.2, -0.15) is 0 Å². The highest BCUT2D eigenvalue weighted by Gasteiger charge is 2.21. The maximum atomic E-state index is 12.4. The molecule has 0 fully saturated rings. The van der Waals surface area contributed by atoms with Gasteiger partial charge >= 0.3 is 5.97 Å². The van der Waals surface area contributed by atoms with Crippen LogP contribution in [-0.2, 0) is 10.0 Å². The van der Waals surface area contributed by atoms with Crippen LogP contribution >= 0.6 is 15.9 Å². The van der Waals surface area contributed by atoms with Crippen molar-refractivity contribution in [3.05, 3.63) is 52.3 Å². The summed E-state index contributed by atoms with van der Waals surface area (Å²) in [5.41, 5.74) is 0.615. The van der Waals surface area contributed by atoms with Crippen LogP contribution in [-0.4, -0.2) is 24.5 Å². The second kappa shape index (κ2) is 5.82. The van der Waals surface area contributed by atoms with Crippen LogP contribution in [0.15, 0.2) is 46.0 Å². The summed E-state index contributed by atoms with van der Waals surface area (Å²) >= 11 is 3.18. The number of benzene rings is 1. The molecule has 1 aromatic heterocycles. The van der Waals surface area contributed by atoms with Gasteiger partial charge in [0.05, 0.1) is 22.3 Å². The zero-order valence-corrected chi connectivity index (χ0v) is 13.3. The van der Waals surface area contributed by atoms with E-state index in [1.54, 1.807) is 19.1 Å². The van der Waals surface area contributed by atoms with E-state index in [2.05, 4.69) is 25.6 Å². The van der Waals surface area contributed by atoms with E-state index in [0.29, 0.717) is 15.7 Å². The molecule has 1 aromatic carbocycles. The van der Waals surface area contributed by atoms with Gasteiger partial charge in [-0.05, 0) is 36.8 Å². The molecule has 1 heterocycles. The lowest BCUT2D eigenvalue weighted by Gasteiger charge is -2.12. The minimum atomic E-state index is -3.91. The first kappa shape index (κ1) is 15.5. The Balaban J connectivity index is 2.52. The Labute approximate surface area is 130 Å². The normalized spacial score (nSPS) is 11.1. The van der Waals surface area contributed by atoms with Gasteiger partial charge in [0, 0.05) is 10.7 Å². The molecule has 0 amide bonds. The fourth-order valence-corrected chi connectivity index (χ4v) is 3.62. The van der Waals surface area contributed by atoms with E-state index in [1.165, 1.54) is 18.5 Å². The standard InChI is InChI=1S/C13H11BrN2O4S/c1-8-11(14)5-9(13(17)18)6-12(8)21(19,20)16-10-3-2-4-15-7-10/h2-7,16H,1H3,(H,17,18). The van der Waals surface area contributed by atoms with Gasteiger partial charge < -0.3 is 5.11 Å². The summed E-state index contributed by atoms with van der Waals surface area (Å²) in [4.78, 5) is 14.8. The van der Waals surface area contributed by atoms with Gasteiger partial charge in [0.2, 0.25) is 0 Å². The first-order valence-electron chi connectivity index (χ1n) is 5.77. The minimum absolute atomic E-state index is 0.0990. The molecule has 0 unspecified atom stereocenters. The number of pyridine rings is 1. The highest BCUT2D eigenvalue weighted by Crippen LogP contribution is 2.27. The minimum Gasteiger partial charge on any atom is -0.478 e. The number of rotatable bonds is 4. The van der Waals surface area contributed by atoms with E-state index in [0.717, 1.165) is 6.07 Å². The Kier molecular flexibility index (Phi) is 4.29. The molecule has 21 heavy (non-hydrogen) atoms. The third-order valence-electron chi connectivity index (χ3n) is 2.75. The fourth-order valence-electron chi connectivity index (χ4n) is 1.69. The Morgan fingerprint density at radius 1 is 1.38 bits per heavy atom. The molecule has 0 atom stereocenters. The van der Waals surface area contributed by atoms with E-state index in [9.17, 15) is 13.2 Å². The molecule has 8 heteroatoms. The van der Waals surface area contributed by atoms with Crippen LogP contribution in [0.25, 0.3) is 0 Å². The van der Waals surface area contributed by atoms with Gasteiger partial charge in [-0.3, -0.25) is 9.71 Å². The highest BCUT2D eigenvalue weighted by molar-refractivity contribution is 9.10. The Hall–Kier alpha value is -1.93. The van der Waals surface area contributed by atoms with Crippen molar-refractivity contribution >= 4 is 37.6 Å². The van der Waals surface area contributed by atoms with Crippen molar-refractivity contribution in [3.8, 4) is 0 Å². The summed E-state index contributed by atoms with van der Waals surface area (Å²) in [6, 6.07) is 5.63. The van der Waals surface area contributed by atoms with Crippen LogP contribution < -0.4 is 4.72 Å². The Morgan fingerprint density at radius 3 is 2.67 bits per heavy atom. The van der Waals surface area contributed by atoms with Gasteiger partial charge in [-0.25, -0.2) is 13.2 Å². The number of hydrogen-bond donors (Lipinski definition) is 2. The summed E-state index contributed by atoms with van der Waals surface area (Å²) < 4.78 is 27.6. The molecule has 0 spiro atoms. The number of sulfonamides is 1. The maximum Gasteiger partial charge on any atom is 0.335 e. The van der Waals surface area contributed by atoms with Crippen LogP contribution in [0.2, 0.25) is 0 Å². The lowest BCUT2D eigenvalue weighted by molar-refractivity contribution is 0.0696. The number of carboxylic acid groups (broad SMARTS) is 1. The van der Waals surface area contributed by atoms with Crippen LogP contribution in [0.3, 0.4) is 0 Å². The van der Waals surface area contributed by atoms with Crippen LogP contribution in [0.5, 0.6) is 0 Å². The summed E-state index contributed by atoms with van der Waals surface area (Å²) in [6.07, 6.45) is 2.88. The van der Waals surface area contributed by atoms with Crippen LogP contribution in [0.1, 0.15) is 15.9 Å². The molecule has 0 aliphatic heterocycles. The molecule has 2 rings (SSSR count). The molecule has 110 valence electrons. The molecule has 0 aliphatic rings. The van der Waals surface area contributed by atoms with E-state index < -0.39 is 16.0 Å². The fraction of sp³-hybridized carbons (Fsp3) is 0.0769. The molecular weight excluding hydrogens is 360 g/mol. The van der Waals surface area contributed by atoms with Gasteiger partial charge in [0.15, 0.2) is 0 Å². The third-order valence-corrected chi connectivity index (χ3v) is 5.08. The number of carbonyl (C=O) groups is 1. The van der Waals surface area contributed by atoms with E-state index in [1.807, 2.05) is 0 Å². The van der Waals surface area contributed by atoms with E-state index in [-0.39, 0.29) is 10.5 Å². The smallest absolute Gasteiger partial charge is 0.335 e. The molecule has 0 saturated carbocycles. The number of halogens is 1. The van der Waals surface area contributed by atoms with Crippen molar-refractivity contribution < 1.29 is 18.3 Å². The molecule has 0 saturated heterocycles. The first-order chi connectivity index (χ1) is 9.81. The average Bonchev–Trinajstić information content (AvgIpc) is 2.41. The molecule has 6 nitrogen and oxygen atoms in total. The summed E-state index contributed by atoms with van der Waals surface area (Å²) in [7, 11) is -3.91. The van der Waals surface area contributed by atoms with Crippen molar-refractivity contribution in [3.63, 3.8) is 0 Å². The van der Waals surface area contributed by atoms with Crippen molar-refractivity contribution in [1.29, 1.82) is 0 Å². The van der Waals surface area contributed by atoms with Crippen molar-refractivity contribution in [2.24, 2.45) is 0 Å². The molecule has 0 aliphatic carbocycles. The number of aromatic carboxylic acids is 1. The van der Waals surface area contributed by atoms with Crippen molar-refractivity contribution in [1.82, 2.24) is 4.98 Å². The Morgan fingerprint density at radius 2 is 2.10 bits per heavy atom. The van der Waals surface area contributed by atoms with Crippen molar-refractivity contribution in [2.45, 2.75) is 11.8 Å². The highest BCUT2D eigenvalue weighted by atomic mass is 79.9. The molecule has 0 radical (unpaired) electrons. The Bertz CT molecular complexity index is 791. The predicted octanol–water partition coefficient (Wildman–Crippen LogP) is 2.65. The topological polar surface area (TPSA) is 96.4 Å².